The molecule has 1 unspecified atom stereocenters. The molecule has 0 bridgehead atoms. The van der Waals surface area contributed by atoms with Gasteiger partial charge in [-0.15, -0.1) is 0 Å². The summed E-state index contributed by atoms with van der Waals surface area (Å²) >= 11 is 0. The molecule has 134 valence electrons. The Kier molecular flexibility index (Phi) is 7.75. The molecule has 0 radical (unpaired) electrons. The molecular weight excluding hydrogens is 302 g/mol. The van der Waals surface area contributed by atoms with Crippen molar-refractivity contribution in [3.05, 3.63) is 30.3 Å². The number of nitrogens with zero attached hydrogens (tertiary/aromatic N) is 1. The van der Waals surface area contributed by atoms with Gasteiger partial charge in [0.25, 0.3) is 0 Å². The van der Waals surface area contributed by atoms with Crippen LogP contribution in [-0.4, -0.2) is 37.5 Å². The molecule has 0 aliphatic rings. The summed E-state index contributed by atoms with van der Waals surface area (Å²) in [7, 11) is 0. The number of rotatable bonds is 8. The monoisotopic (exact) mass is 333 g/mol. The van der Waals surface area contributed by atoms with Gasteiger partial charge in [-0.1, -0.05) is 39.0 Å². The second kappa shape index (κ2) is 9.30. The van der Waals surface area contributed by atoms with Crippen molar-refractivity contribution in [3.63, 3.8) is 0 Å². The van der Waals surface area contributed by atoms with Crippen LogP contribution in [0.5, 0.6) is 0 Å². The number of benzene rings is 1. The van der Waals surface area contributed by atoms with E-state index >= 15 is 0 Å². The Labute approximate surface area is 145 Å². The molecule has 0 fully saturated rings. The molecule has 5 heteroatoms. The van der Waals surface area contributed by atoms with Crippen molar-refractivity contribution in [3.8, 4) is 0 Å². The highest BCUT2D eigenvalue weighted by molar-refractivity contribution is 5.89. The lowest BCUT2D eigenvalue weighted by Crippen LogP contribution is -2.48. The van der Waals surface area contributed by atoms with Gasteiger partial charge in [0.15, 0.2) is 0 Å². The minimum absolute atomic E-state index is 0.119. The molecule has 0 saturated heterocycles. The van der Waals surface area contributed by atoms with Gasteiger partial charge >= 0.3 is 0 Å². The van der Waals surface area contributed by atoms with Crippen LogP contribution in [0.1, 0.15) is 41.0 Å². The van der Waals surface area contributed by atoms with Crippen LogP contribution < -0.4 is 15.5 Å². The lowest BCUT2D eigenvalue weighted by molar-refractivity contribution is -0.133. The van der Waals surface area contributed by atoms with Crippen molar-refractivity contribution in [2.24, 2.45) is 5.41 Å². The summed E-state index contributed by atoms with van der Waals surface area (Å²) in [4.78, 5) is 26.2. The summed E-state index contributed by atoms with van der Waals surface area (Å²) in [5.74, 6) is -0.262. The number of hydrogen-bond donors (Lipinski definition) is 2. The SMILES string of the molecule is CCN(CCCNC(=O)C(C)NC(=O)C(C)(C)C)c1ccccc1. The van der Waals surface area contributed by atoms with Gasteiger partial charge in [-0.25, -0.2) is 0 Å². The van der Waals surface area contributed by atoms with Crippen LogP contribution in [-0.2, 0) is 9.59 Å². The van der Waals surface area contributed by atoms with Crippen molar-refractivity contribution in [1.29, 1.82) is 0 Å². The molecule has 2 amide bonds. The molecule has 0 aromatic heterocycles. The quantitative estimate of drug-likeness (QED) is 0.719. The number of amides is 2. The van der Waals surface area contributed by atoms with Gasteiger partial charge in [0.1, 0.15) is 6.04 Å². The summed E-state index contributed by atoms with van der Waals surface area (Å²) in [5.41, 5.74) is 0.698. The third kappa shape index (κ3) is 6.60. The zero-order chi connectivity index (χ0) is 18.2. The molecule has 24 heavy (non-hydrogen) atoms. The smallest absolute Gasteiger partial charge is 0.242 e. The summed E-state index contributed by atoms with van der Waals surface area (Å²) in [6, 6.07) is 9.72. The summed E-state index contributed by atoms with van der Waals surface area (Å²) in [6.07, 6.45) is 0.856. The highest BCUT2D eigenvalue weighted by atomic mass is 16.2. The first-order valence-corrected chi connectivity index (χ1v) is 8.64. The van der Waals surface area contributed by atoms with Gasteiger partial charge in [-0.2, -0.15) is 0 Å². The Morgan fingerprint density at radius 3 is 2.33 bits per heavy atom. The maximum atomic E-state index is 12.1. The van der Waals surface area contributed by atoms with E-state index < -0.39 is 11.5 Å². The average Bonchev–Trinajstić information content (AvgIpc) is 2.54. The van der Waals surface area contributed by atoms with E-state index in [0.717, 1.165) is 19.5 Å². The zero-order valence-corrected chi connectivity index (χ0v) is 15.6. The first-order chi connectivity index (χ1) is 11.3. The van der Waals surface area contributed by atoms with Crippen LogP contribution in [0.3, 0.4) is 0 Å². The molecule has 0 spiro atoms. The number of para-hydroxylation sites is 1. The molecule has 1 aromatic carbocycles. The van der Waals surface area contributed by atoms with E-state index in [1.54, 1.807) is 6.92 Å². The zero-order valence-electron chi connectivity index (χ0n) is 15.6. The standard InChI is InChI=1S/C19H31N3O2/c1-6-22(16-11-8-7-9-12-16)14-10-13-20-17(23)15(2)21-18(24)19(3,4)5/h7-9,11-12,15H,6,10,13-14H2,1-5H3,(H,20,23)(H,21,24). The second-order valence-electron chi connectivity index (χ2n) is 7.00. The first kappa shape index (κ1) is 20.0. The molecule has 1 atom stereocenters. The molecule has 2 N–H and O–H groups in total. The highest BCUT2D eigenvalue weighted by Crippen LogP contribution is 2.13. The lowest BCUT2D eigenvalue weighted by Gasteiger charge is -2.24. The van der Waals surface area contributed by atoms with Crippen molar-refractivity contribution >= 4 is 17.5 Å². The van der Waals surface area contributed by atoms with Gasteiger partial charge < -0.3 is 15.5 Å². The number of carbonyl (C=O) groups is 2. The van der Waals surface area contributed by atoms with Crippen LogP contribution in [0.4, 0.5) is 5.69 Å². The highest BCUT2D eigenvalue weighted by Gasteiger charge is 2.24. The Bertz CT molecular complexity index is 523. The summed E-state index contributed by atoms with van der Waals surface area (Å²) in [6.45, 7) is 11.7. The van der Waals surface area contributed by atoms with Gasteiger partial charge in [-0.3, -0.25) is 9.59 Å². The Morgan fingerprint density at radius 2 is 1.79 bits per heavy atom. The van der Waals surface area contributed by atoms with Crippen LogP contribution in [0, 0.1) is 5.41 Å². The van der Waals surface area contributed by atoms with E-state index in [-0.39, 0.29) is 11.8 Å². The average molecular weight is 333 g/mol. The third-order valence-corrected chi connectivity index (χ3v) is 3.83. The Morgan fingerprint density at radius 1 is 1.17 bits per heavy atom. The predicted octanol–water partition coefficient (Wildman–Crippen LogP) is 2.57. The van der Waals surface area contributed by atoms with Gasteiger partial charge in [0.2, 0.25) is 11.8 Å². The normalized spacial score (nSPS) is 12.4. The molecule has 0 aliphatic carbocycles. The van der Waals surface area contributed by atoms with Gasteiger partial charge in [0.05, 0.1) is 0 Å². The van der Waals surface area contributed by atoms with Crippen molar-refractivity contribution in [2.45, 2.75) is 47.1 Å². The summed E-state index contributed by atoms with van der Waals surface area (Å²) in [5, 5.41) is 5.63. The van der Waals surface area contributed by atoms with Crippen molar-refractivity contribution in [2.75, 3.05) is 24.5 Å². The molecule has 1 rings (SSSR count). The topological polar surface area (TPSA) is 61.4 Å². The largest absolute Gasteiger partial charge is 0.372 e. The molecule has 0 heterocycles. The fourth-order valence-corrected chi connectivity index (χ4v) is 2.22. The lowest BCUT2D eigenvalue weighted by atomic mass is 9.95. The molecule has 5 nitrogen and oxygen atoms in total. The van der Waals surface area contributed by atoms with E-state index in [1.807, 2.05) is 39.0 Å². The molecule has 0 aliphatic heterocycles. The Hall–Kier alpha value is -2.04. The molecule has 1 aromatic rings. The number of nitrogens with one attached hydrogen (secondary N) is 2. The predicted molar refractivity (Wildman–Crippen MR) is 99.0 cm³/mol. The van der Waals surface area contributed by atoms with Crippen LogP contribution >= 0.6 is 0 Å². The number of anilines is 1. The van der Waals surface area contributed by atoms with Gasteiger partial charge in [-0.05, 0) is 32.4 Å². The number of carbonyl (C=O) groups excluding carboxylic acids is 2. The molecular formula is C19H31N3O2. The van der Waals surface area contributed by atoms with Crippen molar-refractivity contribution < 1.29 is 9.59 Å². The van der Waals surface area contributed by atoms with Gasteiger partial charge in [0, 0.05) is 30.7 Å². The van der Waals surface area contributed by atoms with E-state index in [4.69, 9.17) is 0 Å². The van der Waals surface area contributed by atoms with Crippen molar-refractivity contribution in [1.82, 2.24) is 10.6 Å². The van der Waals surface area contributed by atoms with Crippen LogP contribution in [0.15, 0.2) is 30.3 Å². The Balaban J connectivity index is 2.33. The first-order valence-electron chi connectivity index (χ1n) is 8.64. The fraction of sp³-hybridized carbons (Fsp3) is 0.579. The van der Waals surface area contributed by atoms with E-state index in [0.29, 0.717) is 6.54 Å². The van der Waals surface area contributed by atoms with Crippen LogP contribution in [0.2, 0.25) is 0 Å². The van der Waals surface area contributed by atoms with Crippen LogP contribution in [0.25, 0.3) is 0 Å². The maximum Gasteiger partial charge on any atom is 0.242 e. The third-order valence-electron chi connectivity index (χ3n) is 3.83. The molecule has 0 saturated carbocycles. The summed E-state index contributed by atoms with van der Waals surface area (Å²) < 4.78 is 0. The maximum absolute atomic E-state index is 12.1. The van der Waals surface area contributed by atoms with E-state index in [2.05, 4.69) is 34.6 Å². The fourth-order valence-electron chi connectivity index (χ4n) is 2.22. The minimum Gasteiger partial charge on any atom is -0.372 e. The van der Waals surface area contributed by atoms with E-state index in [1.165, 1.54) is 5.69 Å². The second-order valence-corrected chi connectivity index (χ2v) is 7.00. The van der Waals surface area contributed by atoms with E-state index in [9.17, 15) is 9.59 Å². The number of hydrogen-bond acceptors (Lipinski definition) is 3. The minimum atomic E-state index is -0.520.